The molecular weight excluding hydrogens is 378 g/mol. The van der Waals surface area contributed by atoms with Gasteiger partial charge in [-0.2, -0.15) is 0 Å². The third-order valence-corrected chi connectivity index (χ3v) is 4.68. The highest BCUT2D eigenvalue weighted by molar-refractivity contribution is 5.95. The van der Waals surface area contributed by atoms with Crippen LogP contribution in [0.25, 0.3) is 0 Å². The Morgan fingerprint density at radius 2 is 1.93 bits per heavy atom. The van der Waals surface area contributed by atoms with Crippen molar-refractivity contribution in [2.24, 2.45) is 10.9 Å². The van der Waals surface area contributed by atoms with Crippen LogP contribution in [-0.4, -0.2) is 39.8 Å². The van der Waals surface area contributed by atoms with Crippen molar-refractivity contribution in [1.82, 2.24) is 9.88 Å². The molecule has 0 aliphatic heterocycles. The number of nitrogens with zero attached hydrogens (tertiary/aromatic N) is 3. The summed E-state index contributed by atoms with van der Waals surface area (Å²) in [6.07, 6.45) is 3.76. The summed E-state index contributed by atoms with van der Waals surface area (Å²) in [6.45, 7) is 8.71. The van der Waals surface area contributed by atoms with Gasteiger partial charge in [-0.25, -0.2) is 0 Å². The van der Waals surface area contributed by atoms with Gasteiger partial charge in [0.25, 0.3) is 5.91 Å². The summed E-state index contributed by atoms with van der Waals surface area (Å²) in [5, 5.41) is 7.22. The van der Waals surface area contributed by atoms with Gasteiger partial charge in [0.05, 0.1) is 11.9 Å². The number of carbonyl (C=O) groups is 1. The Labute approximate surface area is 178 Å². The molecule has 1 heterocycles. The molecule has 1 aromatic heterocycles. The molecule has 1 aliphatic rings. The molecule has 7 nitrogen and oxygen atoms in total. The van der Waals surface area contributed by atoms with Crippen LogP contribution in [0.4, 0.5) is 5.69 Å². The highest BCUT2D eigenvalue weighted by atomic mass is 16.6. The van der Waals surface area contributed by atoms with Crippen molar-refractivity contribution >= 4 is 17.4 Å². The van der Waals surface area contributed by atoms with Gasteiger partial charge in [-0.05, 0) is 58.2 Å². The number of oxime groups is 1. The highest BCUT2D eigenvalue weighted by Gasteiger charge is 2.32. The number of carbonyl (C=O) groups excluding carboxylic acids is 1. The van der Waals surface area contributed by atoms with Crippen molar-refractivity contribution in [2.75, 3.05) is 11.9 Å². The van der Waals surface area contributed by atoms with Gasteiger partial charge in [0.2, 0.25) is 0 Å². The van der Waals surface area contributed by atoms with E-state index in [1.165, 1.54) is 5.56 Å². The monoisotopic (exact) mass is 409 g/mol. The average Bonchev–Trinajstić information content (AvgIpc) is 3.51. The Hall–Kier alpha value is -3.09. The number of aromatic nitrogens is 1. The highest BCUT2D eigenvalue weighted by Crippen LogP contribution is 2.28. The number of rotatable bonds is 8. The van der Waals surface area contributed by atoms with Crippen molar-refractivity contribution in [3.8, 4) is 0 Å². The number of nitrogens with two attached hydrogens (primary N) is 1. The van der Waals surface area contributed by atoms with E-state index in [0.29, 0.717) is 12.2 Å². The van der Waals surface area contributed by atoms with Crippen LogP contribution in [0.1, 0.15) is 50.4 Å². The standard InChI is InChI=1S/C23H31N5O2/c1-16-5-7-17(8-6-16)14-28(19-10-11-19)21(29)15-30-27-22(24)20-12-9-18(13-25-20)26-23(2,3)4/h5-9,12-13,19,26H,10-11,14-15H2,1-4H3,(H2,24,27). The smallest absolute Gasteiger partial charge is 0.263 e. The van der Waals surface area contributed by atoms with Crippen LogP contribution in [0.15, 0.2) is 47.8 Å². The summed E-state index contributed by atoms with van der Waals surface area (Å²) < 4.78 is 0. The Bertz CT molecular complexity index is 881. The van der Waals surface area contributed by atoms with Crippen molar-refractivity contribution in [1.29, 1.82) is 0 Å². The van der Waals surface area contributed by atoms with Crippen molar-refractivity contribution in [3.63, 3.8) is 0 Å². The fourth-order valence-electron chi connectivity index (χ4n) is 3.04. The zero-order valence-corrected chi connectivity index (χ0v) is 18.2. The van der Waals surface area contributed by atoms with Crippen molar-refractivity contribution < 1.29 is 9.63 Å². The van der Waals surface area contributed by atoms with E-state index in [2.05, 4.69) is 60.5 Å². The van der Waals surface area contributed by atoms with Gasteiger partial charge in [-0.15, -0.1) is 0 Å². The predicted octanol–water partition coefficient (Wildman–Crippen LogP) is 3.43. The molecule has 7 heteroatoms. The van der Waals surface area contributed by atoms with Crippen LogP contribution in [0.3, 0.4) is 0 Å². The number of anilines is 1. The number of nitrogens with one attached hydrogen (secondary N) is 1. The molecule has 0 bridgehead atoms. The largest absolute Gasteiger partial charge is 0.384 e. The fraction of sp³-hybridized carbons (Fsp3) is 0.435. The SMILES string of the molecule is Cc1ccc(CN(C(=O)CO/N=C(\N)c2ccc(NC(C)(C)C)cn2)C2CC2)cc1. The summed E-state index contributed by atoms with van der Waals surface area (Å²) >= 11 is 0. The number of amidine groups is 1. The van der Waals surface area contributed by atoms with Crippen LogP contribution in [-0.2, 0) is 16.2 Å². The number of pyridine rings is 1. The van der Waals surface area contributed by atoms with Gasteiger partial charge < -0.3 is 20.8 Å². The normalized spacial score (nSPS) is 14.3. The first-order chi connectivity index (χ1) is 14.2. The third-order valence-electron chi connectivity index (χ3n) is 4.68. The lowest BCUT2D eigenvalue weighted by Crippen LogP contribution is -2.35. The predicted molar refractivity (Wildman–Crippen MR) is 119 cm³/mol. The van der Waals surface area contributed by atoms with Crippen LogP contribution in [0, 0.1) is 6.92 Å². The average molecular weight is 410 g/mol. The van der Waals surface area contributed by atoms with Crippen LogP contribution in [0.2, 0.25) is 0 Å². The second-order valence-electron chi connectivity index (χ2n) is 8.80. The molecule has 0 atom stereocenters. The van der Waals surface area contributed by atoms with E-state index >= 15 is 0 Å². The van der Waals surface area contributed by atoms with Gasteiger partial charge in [-0.3, -0.25) is 9.78 Å². The third kappa shape index (κ3) is 6.47. The van der Waals surface area contributed by atoms with Gasteiger partial charge in [0.15, 0.2) is 12.4 Å². The summed E-state index contributed by atoms with van der Waals surface area (Å²) in [5.41, 5.74) is 9.61. The minimum absolute atomic E-state index is 0.0572. The maximum Gasteiger partial charge on any atom is 0.263 e. The summed E-state index contributed by atoms with van der Waals surface area (Å²) in [4.78, 5) is 24.1. The molecule has 30 heavy (non-hydrogen) atoms. The lowest BCUT2D eigenvalue weighted by atomic mass is 10.1. The first kappa shape index (κ1) is 21.6. The van der Waals surface area contributed by atoms with E-state index in [1.807, 2.05) is 17.9 Å². The second-order valence-corrected chi connectivity index (χ2v) is 8.80. The topological polar surface area (TPSA) is 92.8 Å². The molecule has 3 N–H and O–H groups in total. The number of hydrogen-bond acceptors (Lipinski definition) is 5. The van der Waals surface area contributed by atoms with E-state index in [0.717, 1.165) is 24.1 Å². The molecule has 1 fully saturated rings. The fourth-order valence-corrected chi connectivity index (χ4v) is 3.04. The van der Waals surface area contributed by atoms with Crippen LogP contribution >= 0.6 is 0 Å². The van der Waals surface area contributed by atoms with Gasteiger partial charge in [-0.1, -0.05) is 35.0 Å². The number of aryl methyl sites for hydroxylation is 1. The van der Waals surface area contributed by atoms with Gasteiger partial charge in [0, 0.05) is 18.1 Å². The molecule has 1 aliphatic carbocycles. The molecule has 1 amide bonds. The molecule has 0 unspecified atom stereocenters. The van der Waals surface area contributed by atoms with Crippen molar-refractivity contribution in [3.05, 3.63) is 59.4 Å². The quantitative estimate of drug-likeness (QED) is 0.396. The van der Waals surface area contributed by atoms with Gasteiger partial charge >= 0.3 is 0 Å². The lowest BCUT2D eigenvalue weighted by Gasteiger charge is -2.22. The molecule has 0 radical (unpaired) electrons. The first-order valence-corrected chi connectivity index (χ1v) is 10.3. The molecule has 0 saturated heterocycles. The molecule has 1 aromatic carbocycles. The Morgan fingerprint density at radius 3 is 2.50 bits per heavy atom. The number of benzene rings is 1. The minimum Gasteiger partial charge on any atom is -0.384 e. The van der Waals surface area contributed by atoms with E-state index in [4.69, 9.17) is 10.6 Å². The first-order valence-electron chi connectivity index (χ1n) is 10.3. The molecule has 2 aromatic rings. The van der Waals surface area contributed by atoms with Crippen LogP contribution in [0.5, 0.6) is 0 Å². The zero-order chi connectivity index (χ0) is 21.7. The molecule has 160 valence electrons. The minimum atomic E-state index is -0.146. The van der Waals surface area contributed by atoms with E-state index in [9.17, 15) is 4.79 Å². The maximum absolute atomic E-state index is 12.7. The van der Waals surface area contributed by atoms with Gasteiger partial charge in [0.1, 0.15) is 5.69 Å². The summed E-state index contributed by atoms with van der Waals surface area (Å²) in [6, 6.07) is 12.2. The zero-order valence-electron chi connectivity index (χ0n) is 18.2. The van der Waals surface area contributed by atoms with E-state index in [1.54, 1.807) is 12.3 Å². The molecule has 3 rings (SSSR count). The number of amides is 1. The number of hydrogen-bond donors (Lipinski definition) is 2. The van der Waals surface area contributed by atoms with E-state index < -0.39 is 0 Å². The maximum atomic E-state index is 12.7. The summed E-state index contributed by atoms with van der Waals surface area (Å²) in [5.74, 6) is 0.0499. The Morgan fingerprint density at radius 1 is 1.23 bits per heavy atom. The van der Waals surface area contributed by atoms with E-state index in [-0.39, 0.29) is 29.9 Å². The Balaban J connectivity index is 1.54. The lowest BCUT2D eigenvalue weighted by molar-refractivity contribution is -0.137. The molecule has 0 spiro atoms. The second kappa shape index (κ2) is 9.15. The molecular formula is C23H31N5O2. The molecule has 1 saturated carbocycles. The van der Waals surface area contributed by atoms with Crippen molar-refractivity contribution in [2.45, 2.75) is 58.7 Å². The summed E-state index contributed by atoms with van der Waals surface area (Å²) in [7, 11) is 0. The van der Waals surface area contributed by atoms with Crippen LogP contribution < -0.4 is 11.1 Å². The Kier molecular flexibility index (Phi) is 6.59.